The molecule has 0 aliphatic rings. The summed E-state index contributed by atoms with van der Waals surface area (Å²) in [5.41, 5.74) is 7.38. The highest BCUT2D eigenvalue weighted by Gasteiger charge is 2.22. The molecule has 0 bridgehead atoms. The van der Waals surface area contributed by atoms with Crippen molar-refractivity contribution in [3.05, 3.63) is 85.1 Å². The molecule has 0 N–H and O–H groups in total. The zero-order valence-electron chi connectivity index (χ0n) is 18.7. The molecule has 0 radical (unpaired) electrons. The highest BCUT2D eigenvalue weighted by atomic mass is 28.3. The van der Waals surface area contributed by atoms with Crippen molar-refractivity contribution in [2.45, 2.75) is 33.1 Å². The molecule has 0 unspecified atom stereocenters. The van der Waals surface area contributed by atoms with Crippen LogP contribution in [0.4, 0.5) is 0 Å². The van der Waals surface area contributed by atoms with Crippen LogP contribution in [0.5, 0.6) is 0 Å². The maximum atomic E-state index is 4.94. The molecule has 5 aromatic rings. The Morgan fingerprint density at radius 2 is 1.45 bits per heavy atom. The second kappa shape index (κ2) is 7.51. The first-order valence-corrected chi connectivity index (χ1v) is 14.5. The first-order valence-electron chi connectivity index (χ1n) is 11.0. The van der Waals surface area contributed by atoms with E-state index in [9.17, 15) is 0 Å². The van der Waals surface area contributed by atoms with E-state index in [-0.39, 0.29) is 0 Å². The predicted molar refractivity (Wildman–Crippen MR) is 137 cm³/mol. The van der Waals surface area contributed by atoms with Crippen LogP contribution < -0.4 is 5.19 Å². The molecule has 0 aliphatic carbocycles. The summed E-state index contributed by atoms with van der Waals surface area (Å²) < 4.78 is 2.39. The van der Waals surface area contributed by atoms with Gasteiger partial charge in [0, 0.05) is 40.1 Å². The summed E-state index contributed by atoms with van der Waals surface area (Å²) in [7, 11) is -1.53. The van der Waals surface area contributed by atoms with Gasteiger partial charge in [0.05, 0.1) is 13.8 Å². The van der Waals surface area contributed by atoms with Crippen LogP contribution in [0.25, 0.3) is 44.2 Å². The van der Waals surface area contributed by atoms with E-state index in [0.717, 1.165) is 12.2 Å². The third kappa shape index (κ3) is 3.39. The Labute approximate surface area is 185 Å². The van der Waals surface area contributed by atoms with Crippen LogP contribution in [-0.2, 0) is 6.54 Å². The fraction of sp³-hybridized carbons (Fsp3) is 0.179. The van der Waals surface area contributed by atoms with Gasteiger partial charge in [-0.3, -0.25) is 4.98 Å². The second-order valence-electron chi connectivity index (χ2n) is 9.22. The summed E-state index contributed by atoms with van der Waals surface area (Å²) in [5.74, 6) is 0. The van der Waals surface area contributed by atoms with Gasteiger partial charge in [-0.05, 0) is 47.5 Å². The first kappa shape index (κ1) is 19.8. The number of para-hydroxylation sites is 1. The van der Waals surface area contributed by atoms with Crippen molar-refractivity contribution in [1.82, 2.24) is 9.55 Å². The van der Waals surface area contributed by atoms with Gasteiger partial charge in [0.15, 0.2) is 0 Å². The highest BCUT2D eigenvalue weighted by Crippen LogP contribution is 2.33. The lowest BCUT2D eigenvalue weighted by molar-refractivity contribution is 0.827. The number of aryl methyl sites for hydroxylation is 1. The molecule has 31 heavy (non-hydrogen) atoms. The van der Waals surface area contributed by atoms with E-state index >= 15 is 0 Å². The molecule has 0 spiro atoms. The van der Waals surface area contributed by atoms with Gasteiger partial charge in [-0.2, -0.15) is 0 Å². The van der Waals surface area contributed by atoms with Crippen molar-refractivity contribution >= 4 is 35.1 Å². The molecule has 0 saturated carbocycles. The van der Waals surface area contributed by atoms with Crippen LogP contribution >= 0.6 is 0 Å². The third-order valence-corrected chi connectivity index (χ3v) is 8.20. The van der Waals surface area contributed by atoms with E-state index in [1.54, 1.807) is 0 Å². The summed E-state index contributed by atoms with van der Waals surface area (Å²) in [4.78, 5) is 4.94. The van der Waals surface area contributed by atoms with Gasteiger partial charge in [-0.1, -0.05) is 74.2 Å². The fourth-order valence-corrected chi connectivity index (χ4v) is 6.10. The topological polar surface area (TPSA) is 17.8 Å². The molecule has 0 amide bonds. The van der Waals surface area contributed by atoms with E-state index in [1.165, 1.54) is 43.7 Å². The van der Waals surface area contributed by atoms with Crippen molar-refractivity contribution in [2.75, 3.05) is 0 Å². The van der Waals surface area contributed by atoms with Crippen LogP contribution in [0.1, 0.15) is 6.92 Å². The van der Waals surface area contributed by atoms with Gasteiger partial charge in [0.1, 0.15) is 0 Å². The van der Waals surface area contributed by atoms with Gasteiger partial charge < -0.3 is 4.57 Å². The zero-order chi connectivity index (χ0) is 21.6. The molecule has 2 nitrogen and oxygen atoms in total. The maximum absolute atomic E-state index is 4.94. The lowest BCUT2D eigenvalue weighted by Crippen LogP contribution is -2.39. The second-order valence-corrected chi connectivity index (χ2v) is 14.3. The summed E-state index contributed by atoms with van der Waals surface area (Å²) in [6.45, 7) is 10.3. The van der Waals surface area contributed by atoms with E-state index in [0.29, 0.717) is 0 Å². The molecule has 5 rings (SSSR count). The normalized spacial score (nSPS) is 12.0. The van der Waals surface area contributed by atoms with Gasteiger partial charge in [-0.15, -0.1) is 0 Å². The van der Waals surface area contributed by atoms with Crippen molar-refractivity contribution < 1.29 is 0 Å². The van der Waals surface area contributed by atoms with Gasteiger partial charge in [-0.25, -0.2) is 0 Å². The molecule has 3 aromatic carbocycles. The predicted octanol–water partition coefficient (Wildman–Crippen LogP) is 7.09. The molecule has 2 heterocycles. The van der Waals surface area contributed by atoms with Crippen LogP contribution in [0, 0.1) is 0 Å². The average Bonchev–Trinajstić information content (AvgIpc) is 3.11. The highest BCUT2D eigenvalue weighted by molar-refractivity contribution is 6.89. The van der Waals surface area contributed by atoms with Crippen LogP contribution in [-0.4, -0.2) is 17.6 Å². The Morgan fingerprint density at radius 1 is 0.742 bits per heavy atom. The smallest absolute Gasteiger partial charge is 0.0804 e. The summed E-state index contributed by atoms with van der Waals surface area (Å²) in [5, 5.41) is 4.02. The standard InChI is InChI=1S/C28H28N2Si/c1-5-30-26-14-10-9-13-22(26)24-17-21(15-16-27(24)30)25-18-23(20-11-7-6-8-12-20)28(19-29-25)31(2,3)4/h6-19H,5H2,1-4H3. The van der Waals surface area contributed by atoms with Gasteiger partial charge in [0.2, 0.25) is 0 Å². The molecular formula is C28H28N2Si. The molecule has 0 fully saturated rings. The number of nitrogens with zero attached hydrogens (tertiary/aromatic N) is 2. The fourth-order valence-electron chi connectivity index (χ4n) is 4.62. The average molecular weight is 421 g/mol. The Hall–Kier alpha value is -3.17. The van der Waals surface area contributed by atoms with Crippen LogP contribution in [0.15, 0.2) is 85.1 Å². The van der Waals surface area contributed by atoms with Crippen LogP contribution in [0.3, 0.4) is 0 Å². The van der Waals surface area contributed by atoms with Gasteiger partial charge in [0.25, 0.3) is 0 Å². The van der Waals surface area contributed by atoms with Crippen LogP contribution in [0.2, 0.25) is 19.6 Å². The number of rotatable bonds is 4. The van der Waals surface area contributed by atoms with Crippen molar-refractivity contribution in [2.24, 2.45) is 0 Å². The molecule has 0 aliphatic heterocycles. The number of benzene rings is 3. The first-order chi connectivity index (χ1) is 15.0. The number of hydrogen-bond acceptors (Lipinski definition) is 1. The number of aromatic nitrogens is 2. The molecule has 3 heteroatoms. The number of fused-ring (bicyclic) bond motifs is 3. The minimum atomic E-state index is -1.53. The SMILES string of the molecule is CCn1c2ccccc2c2cc(-c3cc(-c4ccccc4)c([Si](C)(C)C)cn3)ccc21. The van der Waals surface area contributed by atoms with Crippen molar-refractivity contribution in [1.29, 1.82) is 0 Å². The lowest BCUT2D eigenvalue weighted by Gasteiger charge is -2.21. The Bertz CT molecular complexity index is 1390. The van der Waals surface area contributed by atoms with Crippen molar-refractivity contribution in [3.8, 4) is 22.4 Å². The van der Waals surface area contributed by atoms with E-state index in [2.05, 4.69) is 116 Å². The Kier molecular flexibility index (Phi) is 4.79. The number of pyridine rings is 1. The quantitative estimate of drug-likeness (QED) is 0.284. The minimum Gasteiger partial charge on any atom is -0.341 e. The molecule has 2 aromatic heterocycles. The molecule has 154 valence electrons. The van der Waals surface area contributed by atoms with E-state index in [4.69, 9.17) is 4.98 Å². The maximum Gasteiger partial charge on any atom is 0.0804 e. The number of hydrogen-bond donors (Lipinski definition) is 0. The largest absolute Gasteiger partial charge is 0.341 e. The van der Waals surface area contributed by atoms with Gasteiger partial charge >= 0.3 is 0 Å². The van der Waals surface area contributed by atoms with E-state index in [1.807, 2.05) is 0 Å². The van der Waals surface area contributed by atoms with Crippen molar-refractivity contribution in [3.63, 3.8) is 0 Å². The Balaban J connectivity index is 1.73. The monoisotopic (exact) mass is 420 g/mol. The summed E-state index contributed by atoms with van der Waals surface area (Å²) >= 11 is 0. The molecular weight excluding hydrogens is 392 g/mol. The molecule has 0 atom stereocenters. The molecule has 0 saturated heterocycles. The third-order valence-electron chi connectivity index (χ3n) is 6.18. The zero-order valence-corrected chi connectivity index (χ0v) is 19.7. The minimum absolute atomic E-state index is 0.963. The summed E-state index contributed by atoms with van der Waals surface area (Å²) in [6, 6.07) is 28.5. The lowest BCUT2D eigenvalue weighted by atomic mass is 10.0. The summed E-state index contributed by atoms with van der Waals surface area (Å²) in [6.07, 6.45) is 2.13. The Morgan fingerprint density at radius 3 is 2.19 bits per heavy atom. The van der Waals surface area contributed by atoms with E-state index < -0.39 is 8.07 Å².